The summed E-state index contributed by atoms with van der Waals surface area (Å²) in [4.78, 5) is 0. The van der Waals surface area contributed by atoms with Crippen LogP contribution < -0.4 is 11.1 Å². The molecule has 0 atom stereocenters. The molecule has 1 aromatic rings. The Hall–Kier alpha value is -1.32. The first-order valence-corrected chi connectivity index (χ1v) is 3.43. The van der Waals surface area contributed by atoms with Gasteiger partial charge in [-0.3, -0.25) is 15.8 Å². The van der Waals surface area contributed by atoms with Crippen molar-refractivity contribution >= 4 is 5.84 Å². The van der Waals surface area contributed by atoms with Crippen LogP contribution in [0.3, 0.4) is 0 Å². The molecule has 1 aromatic heterocycles. The maximum absolute atomic E-state index is 5.50. The first-order chi connectivity index (χ1) is 5.05. The molecule has 0 radical (unpaired) electrons. The maximum atomic E-state index is 5.50. The van der Waals surface area contributed by atoms with Crippen molar-refractivity contribution < 1.29 is 5.41 Å². The number of nitrogens with zero attached hydrogens (tertiary/aromatic N) is 2. The lowest BCUT2D eigenvalue weighted by atomic mass is 10.1. The fourth-order valence-corrected chi connectivity index (χ4v) is 0.732. The van der Waals surface area contributed by atoms with E-state index in [0.29, 0.717) is 5.84 Å². The molecular weight excluding hydrogens is 140 g/mol. The van der Waals surface area contributed by atoms with Gasteiger partial charge in [0.1, 0.15) is 0 Å². The van der Waals surface area contributed by atoms with Crippen LogP contribution >= 0.6 is 0 Å². The fraction of sp³-hybridized carbons (Fsp3) is 0.429. The molecule has 0 saturated carbocycles. The van der Waals surface area contributed by atoms with E-state index < -0.39 is 5.54 Å². The normalized spacial score (nSPS) is 11.5. The van der Waals surface area contributed by atoms with Gasteiger partial charge in [0.15, 0.2) is 5.54 Å². The molecule has 0 fully saturated rings. The van der Waals surface area contributed by atoms with E-state index in [-0.39, 0.29) is 0 Å². The summed E-state index contributed by atoms with van der Waals surface area (Å²) in [5.74, 6) is 0.362. The van der Waals surface area contributed by atoms with Crippen LogP contribution in [-0.4, -0.2) is 15.6 Å². The average molecular weight is 153 g/mol. The molecule has 11 heavy (non-hydrogen) atoms. The van der Waals surface area contributed by atoms with Gasteiger partial charge in [-0.05, 0) is 19.9 Å². The minimum atomic E-state index is -0.399. The van der Waals surface area contributed by atoms with Gasteiger partial charge < -0.3 is 0 Å². The highest BCUT2D eigenvalue weighted by molar-refractivity contribution is 5.81. The summed E-state index contributed by atoms with van der Waals surface area (Å²) in [6.45, 7) is 3.82. The second kappa shape index (κ2) is 2.38. The molecule has 60 valence electrons. The standard InChI is InChI=1S/C7H12N4/c1-7(2,6(8)9)11-5-3-4-10-11/h3-5H,1-2H3,(H3,8,9)/p+1. The van der Waals surface area contributed by atoms with Crippen LogP contribution in [0.1, 0.15) is 13.8 Å². The van der Waals surface area contributed by atoms with Crippen LogP contribution in [0.4, 0.5) is 0 Å². The Bertz CT molecular complexity index is 247. The highest BCUT2D eigenvalue weighted by Gasteiger charge is 2.28. The largest absolute Gasteiger partial charge is 0.289 e. The first-order valence-electron chi connectivity index (χ1n) is 3.43. The Morgan fingerprint density at radius 2 is 2.27 bits per heavy atom. The van der Waals surface area contributed by atoms with E-state index >= 15 is 0 Å². The second-order valence-corrected chi connectivity index (χ2v) is 2.96. The van der Waals surface area contributed by atoms with Crippen LogP contribution in [0.15, 0.2) is 18.5 Å². The summed E-state index contributed by atoms with van der Waals surface area (Å²) in [5.41, 5.74) is 5.10. The van der Waals surface area contributed by atoms with E-state index in [1.807, 2.05) is 26.1 Å². The molecule has 0 bridgehead atoms. The molecule has 0 aromatic carbocycles. The second-order valence-electron chi connectivity index (χ2n) is 2.96. The van der Waals surface area contributed by atoms with Crippen molar-refractivity contribution in [1.82, 2.24) is 9.78 Å². The molecule has 1 rings (SSSR count). The highest BCUT2D eigenvalue weighted by atomic mass is 15.3. The molecule has 0 unspecified atom stereocenters. The molecule has 0 spiro atoms. The maximum Gasteiger partial charge on any atom is 0.266 e. The van der Waals surface area contributed by atoms with Crippen LogP contribution in [0.25, 0.3) is 0 Å². The predicted molar refractivity (Wildman–Crippen MR) is 42.7 cm³/mol. The van der Waals surface area contributed by atoms with Crippen molar-refractivity contribution in [2.45, 2.75) is 19.4 Å². The topological polar surface area (TPSA) is 69.4 Å². The summed E-state index contributed by atoms with van der Waals surface area (Å²) < 4.78 is 1.72. The molecule has 4 heteroatoms. The van der Waals surface area contributed by atoms with Gasteiger partial charge in [-0.1, -0.05) is 0 Å². The Labute approximate surface area is 65.5 Å². The SMILES string of the molecule is CC(C)(C(N)=[NH2+])n1cccn1. The van der Waals surface area contributed by atoms with Gasteiger partial charge in [0.25, 0.3) is 5.84 Å². The fourth-order valence-electron chi connectivity index (χ4n) is 0.732. The molecule has 4 N–H and O–H groups in total. The molecule has 4 nitrogen and oxygen atoms in total. The number of rotatable bonds is 2. The summed E-state index contributed by atoms with van der Waals surface area (Å²) in [5, 5.41) is 9.54. The Morgan fingerprint density at radius 1 is 1.64 bits per heavy atom. The first kappa shape index (κ1) is 7.78. The van der Waals surface area contributed by atoms with Gasteiger partial charge in [-0.15, -0.1) is 0 Å². The van der Waals surface area contributed by atoms with Crippen LogP contribution in [0, 0.1) is 0 Å². The van der Waals surface area contributed by atoms with Gasteiger partial charge >= 0.3 is 0 Å². The summed E-state index contributed by atoms with van der Waals surface area (Å²) in [6.07, 6.45) is 3.53. The van der Waals surface area contributed by atoms with Crippen molar-refractivity contribution in [3.8, 4) is 0 Å². The van der Waals surface area contributed by atoms with Gasteiger partial charge in [0.05, 0.1) is 0 Å². The number of hydrogen-bond donors (Lipinski definition) is 2. The van der Waals surface area contributed by atoms with E-state index in [1.54, 1.807) is 10.9 Å². The minimum Gasteiger partial charge on any atom is -0.289 e. The monoisotopic (exact) mass is 153 g/mol. The highest BCUT2D eigenvalue weighted by Crippen LogP contribution is 2.10. The lowest BCUT2D eigenvalue weighted by Gasteiger charge is -2.19. The number of hydrogen-bond acceptors (Lipinski definition) is 1. The van der Waals surface area contributed by atoms with E-state index in [0.717, 1.165) is 0 Å². The number of nitrogens with two attached hydrogens (primary N) is 2. The average Bonchev–Trinajstić information content (AvgIpc) is 2.37. The lowest BCUT2D eigenvalue weighted by molar-refractivity contribution is -0.125. The molecule has 0 amide bonds. The van der Waals surface area contributed by atoms with E-state index in [1.165, 1.54) is 0 Å². The van der Waals surface area contributed by atoms with Crippen molar-refractivity contribution in [2.75, 3.05) is 0 Å². The summed E-state index contributed by atoms with van der Waals surface area (Å²) >= 11 is 0. The van der Waals surface area contributed by atoms with E-state index in [2.05, 4.69) is 5.10 Å². The molecular formula is C7H13N4+. The number of amidine groups is 1. The molecule has 0 saturated heterocycles. The molecule has 0 aliphatic heterocycles. The van der Waals surface area contributed by atoms with Crippen LogP contribution in [-0.2, 0) is 5.54 Å². The van der Waals surface area contributed by atoms with E-state index in [9.17, 15) is 0 Å². The Morgan fingerprint density at radius 3 is 2.64 bits per heavy atom. The van der Waals surface area contributed by atoms with Crippen molar-refractivity contribution in [3.63, 3.8) is 0 Å². The summed E-state index contributed by atoms with van der Waals surface area (Å²) in [6, 6.07) is 1.84. The van der Waals surface area contributed by atoms with Crippen molar-refractivity contribution in [2.24, 2.45) is 5.73 Å². The van der Waals surface area contributed by atoms with Crippen LogP contribution in [0.2, 0.25) is 0 Å². The van der Waals surface area contributed by atoms with Gasteiger partial charge in [0.2, 0.25) is 0 Å². The van der Waals surface area contributed by atoms with Crippen molar-refractivity contribution in [3.05, 3.63) is 18.5 Å². The molecule has 1 heterocycles. The third-order valence-electron chi connectivity index (χ3n) is 1.78. The van der Waals surface area contributed by atoms with Gasteiger partial charge in [-0.25, -0.2) is 0 Å². The predicted octanol–water partition coefficient (Wildman–Crippen LogP) is -1.27. The zero-order valence-corrected chi connectivity index (χ0v) is 6.78. The smallest absolute Gasteiger partial charge is 0.266 e. The quantitative estimate of drug-likeness (QED) is 0.411. The third kappa shape index (κ3) is 1.24. The van der Waals surface area contributed by atoms with Crippen LogP contribution in [0.5, 0.6) is 0 Å². The lowest BCUT2D eigenvalue weighted by Crippen LogP contribution is -2.58. The van der Waals surface area contributed by atoms with Gasteiger partial charge in [-0.2, -0.15) is 5.10 Å². The number of aromatic nitrogens is 2. The Kier molecular flexibility index (Phi) is 1.68. The zero-order valence-electron chi connectivity index (χ0n) is 6.78. The third-order valence-corrected chi connectivity index (χ3v) is 1.78. The van der Waals surface area contributed by atoms with Gasteiger partial charge in [0, 0.05) is 12.4 Å². The minimum absolute atomic E-state index is 0.362. The zero-order chi connectivity index (χ0) is 8.48. The molecule has 0 aliphatic carbocycles. The van der Waals surface area contributed by atoms with E-state index in [4.69, 9.17) is 11.1 Å². The van der Waals surface area contributed by atoms with Crippen molar-refractivity contribution in [1.29, 1.82) is 0 Å². The summed E-state index contributed by atoms with van der Waals surface area (Å²) in [7, 11) is 0. The molecule has 0 aliphatic rings. The Balaban J connectivity index is 3.00.